The number of benzene rings is 1. The number of Topliss-reactive ketones (excluding diaryl/α,β-unsaturated/α-hetero) is 1. The van der Waals surface area contributed by atoms with E-state index in [-0.39, 0.29) is 65.1 Å². The van der Waals surface area contributed by atoms with Crippen molar-refractivity contribution in [2.45, 2.75) is 171 Å². The largest absolute Gasteiger partial charge is 0.481 e. The van der Waals surface area contributed by atoms with E-state index in [1.807, 2.05) is 38.4 Å². The number of carboxylic acids is 2. The average molecular weight is 953 g/mol. The summed E-state index contributed by atoms with van der Waals surface area (Å²) >= 11 is 6.32. The molecule has 6 rings (SSSR count). The number of ether oxygens (including phenoxy) is 2. The smallest absolute Gasteiger partial charge is 0.309 e. The van der Waals surface area contributed by atoms with Crippen molar-refractivity contribution in [2.75, 3.05) is 33.7 Å². The van der Waals surface area contributed by atoms with Crippen molar-refractivity contribution in [3.63, 3.8) is 0 Å². The molecular weight excluding hydrogens is 870 g/mol. The fourth-order valence-corrected chi connectivity index (χ4v) is 14.7. The highest BCUT2D eigenvalue weighted by atomic mass is 35.5. The molecule has 12 nitrogen and oxygen atoms in total. The molecule has 1 aromatic carbocycles. The molecule has 4 N–H and O–H groups in total. The van der Waals surface area contributed by atoms with Gasteiger partial charge >= 0.3 is 23.9 Å². The molecule has 0 aliphatic heterocycles. The minimum Gasteiger partial charge on any atom is -0.481 e. The van der Waals surface area contributed by atoms with Crippen molar-refractivity contribution in [2.24, 2.45) is 61.4 Å². The maximum absolute atomic E-state index is 14.9. The minimum atomic E-state index is -1.35. The molecule has 5 aliphatic rings. The van der Waals surface area contributed by atoms with Gasteiger partial charge in [-0.05, 0) is 156 Å². The summed E-state index contributed by atoms with van der Waals surface area (Å²) in [6.07, 6.45) is 4.59. The number of carbonyl (C=O) groups is 5. The van der Waals surface area contributed by atoms with Crippen LogP contribution < -0.4 is 5.73 Å². The molecule has 9 atom stereocenters. The fraction of sp³-hybridized carbons (Fsp3) is 0.759. The number of nitrogens with two attached hydrogens (primary N) is 1. The second kappa shape index (κ2) is 18.5. The van der Waals surface area contributed by atoms with E-state index in [0.717, 1.165) is 61.8 Å². The van der Waals surface area contributed by atoms with Crippen molar-refractivity contribution in [1.29, 1.82) is 0 Å². The van der Waals surface area contributed by atoms with Crippen LogP contribution in [0.3, 0.4) is 0 Å². The molecule has 5 aliphatic carbocycles. The van der Waals surface area contributed by atoms with Crippen LogP contribution in [0.25, 0.3) is 0 Å². The minimum absolute atomic E-state index is 0.0158. The zero-order valence-corrected chi connectivity index (χ0v) is 43.7. The zero-order chi connectivity index (χ0) is 50.1. The van der Waals surface area contributed by atoms with E-state index in [0.29, 0.717) is 37.5 Å². The summed E-state index contributed by atoms with van der Waals surface area (Å²) in [6.45, 7) is 24.3. The standard InChI is InChI=1S/C54H82ClN3O9/c1-33(2)43-37(59)28-53(40(67-42(61)30-48(5,6)46(64)65)32-58(27-26-57(12)13)31-34-14-16-35(55)17-15-34)25-24-50(9)36(44(43)53)18-23-54(56)51(10)21-20-39(66-41(60)29-47(3,4)45(62)63)49(7,8)38(51)19-22-52(50,54)11/h14-17,33,36,38-40H,18-32,56H2,1-13H3,(H,62,63)(H,64,65)/t36?,38-,39-,40+,50+,51-,52-,53-,54-/m0/s1. The van der Waals surface area contributed by atoms with Gasteiger partial charge in [-0.2, -0.15) is 0 Å². The first-order chi connectivity index (χ1) is 30.8. The van der Waals surface area contributed by atoms with E-state index in [2.05, 4.69) is 58.3 Å². The summed E-state index contributed by atoms with van der Waals surface area (Å²) in [5.41, 5.74) is 5.77. The average Bonchev–Trinajstić information content (AvgIpc) is 3.52. The highest BCUT2D eigenvalue weighted by molar-refractivity contribution is 6.30. The van der Waals surface area contributed by atoms with Crippen LogP contribution in [0.2, 0.25) is 5.02 Å². The summed E-state index contributed by atoms with van der Waals surface area (Å²) in [6, 6.07) is 7.77. The number of rotatable bonds is 17. The number of ketones is 1. The lowest BCUT2D eigenvalue weighted by molar-refractivity contribution is -0.246. The van der Waals surface area contributed by atoms with Gasteiger partial charge in [-0.15, -0.1) is 0 Å². The normalized spacial score (nSPS) is 33.2. The van der Waals surface area contributed by atoms with Crippen molar-refractivity contribution in [1.82, 2.24) is 9.80 Å². The summed E-state index contributed by atoms with van der Waals surface area (Å²) in [4.78, 5) is 71.1. The predicted molar refractivity (Wildman–Crippen MR) is 260 cm³/mol. The van der Waals surface area contributed by atoms with Gasteiger partial charge in [0.05, 0.1) is 23.7 Å². The Hall–Kier alpha value is -3.32. The number of halogens is 1. The van der Waals surface area contributed by atoms with E-state index >= 15 is 0 Å². The third-order valence-electron chi connectivity index (χ3n) is 18.9. The topological polar surface area (TPSA) is 177 Å². The van der Waals surface area contributed by atoms with Gasteiger partial charge in [0.1, 0.15) is 12.2 Å². The Balaban J connectivity index is 1.40. The number of likely N-dealkylation sites (N-methyl/N-ethyl adjacent to an activating group) is 1. The van der Waals surface area contributed by atoms with Gasteiger partial charge in [0.15, 0.2) is 5.78 Å². The van der Waals surface area contributed by atoms with Crippen LogP contribution in [0, 0.1) is 55.7 Å². The molecule has 0 heterocycles. The first-order valence-electron chi connectivity index (χ1n) is 24.9. The molecule has 374 valence electrons. The first-order valence-corrected chi connectivity index (χ1v) is 25.2. The van der Waals surface area contributed by atoms with Crippen molar-refractivity contribution >= 4 is 41.3 Å². The SMILES string of the molecule is CC(C)C1=C2C3CC[C@@]4(N)[C@@](C)(CC[C@H]5C(C)(C)[C@@H](OC(=O)CC(C)(C)C(=O)O)CC[C@@]54C)[C@]3(C)CC[C@@]2([C@@H](CN(CCN(C)C)Cc2ccc(Cl)cc2)OC(=O)CC(C)(C)C(=O)O)CC1=O. The maximum Gasteiger partial charge on any atom is 0.309 e. The molecule has 0 aromatic heterocycles. The van der Waals surface area contributed by atoms with Crippen LogP contribution in [0.1, 0.15) is 152 Å². The molecule has 4 fully saturated rings. The lowest BCUT2D eigenvalue weighted by Crippen LogP contribution is -2.78. The van der Waals surface area contributed by atoms with Gasteiger partial charge in [-0.3, -0.25) is 28.9 Å². The molecule has 0 amide bonds. The van der Waals surface area contributed by atoms with E-state index in [4.69, 9.17) is 26.8 Å². The number of nitrogens with zero attached hydrogens (tertiary/aromatic N) is 2. The van der Waals surface area contributed by atoms with E-state index in [1.165, 1.54) is 0 Å². The summed E-state index contributed by atoms with van der Waals surface area (Å²) in [5, 5.41) is 20.5. The molecule has 0 spiro atoms. The molecular formula is C54H82ClN3O9. The molecule has 0 radical (unpaired) electrons. The van der Waals surface area contributed by atoms with Crippen LogP contribution in [0.5, 0.6) is 0 Å². The van der Waals surface area contributed by atoms with Crippen molar-refractivity contribution in [3.05, 3.63) is 46.0 Å². The lowest BCUT2D eigenvalue weighted by Gasteiger charge is -2.76. The Morgan fingerprint density at radius 2 is 1.42 bits per heavy atom. The number of esters is 2. The Morgan fingerprint density at radius 1 is 0.821 bits per heavy atom. The Morgan fingerprint density at radius 3 is 1.99 bits per heavy atom. The van der Waals surface area contributed by atoms with E-state index in [1.54, 1.807) is 27.7 Å². The number of carboxylic acid groups (broad SMARTS) is 2. The quantitative estimate of drug-likeness (QED) is 0.126. The second-order valence-corrected chi connectivity index (χ2v) is 25.2. The highest BCUT2D eigenvalue weighted by Crippen LogP contribution is 2.77. The van der Waals surface area contributed by atoms with Crippen molar-refractivity contribution in [3.8, 4) is 0 Å². The summed E-state index contributed by atoms with van der Waals surface area (Å²) < 4.78 is 13.0. The maximum atomic E-state index is 14.9. The molecule has 1 aromatic rings. The van der Waals surface area contributed by atoms with E-state index < -0.39 is 57.2 Å². The molecule has 4 saturated carbocycles. The number of hydrogen-bond donors (Lipinski definition) is 3. The number of fused-ring (bicyclic) bond motifs is 7. The number of carbonyl (C=O) groups excluding carboxylic acids is 3. The van der Waals surface area contributed by atoms with Crippen LogP contribution in [0.15, 0.2) is 35.4 Å². The summed E-state index contributed by atoms with van der Waals surface area (Å²) in [7, 11) is 4.06. The van der Waals surface area contributed by atoms with Crippen LogP contribution >= 0.6 is 11.6 Å². The van der Waals surface area contributed by atoms with Gasteiger partial charge in [0.2, 0.25) is 0 Å². The number of hydrogen-bond acceptors (Lipinski definition) is 10. The van der Waals surface area contributed by atoms with Gasteiger partial charge < -0.3 is 30.3 Å². The first kappa shape index (κ1) is 53.0. The molecule has 0 saturated heterocycles. The monoisotopic (exact) mass is 952 g/mol. The van der Waals surface area contributed by atoms with Crippen LogP contribution in [-0.4, -0.2) is 101 Å². The van der Waals surface area contributed by atoms with Gasteiger partial charge in [-0.1, -0.05) is 72.2 Å². The van der Waals surface area contributed by atoms with Crippen LogP contribution in [-0.2, 0) is 40.0 Å². The van der Waals surface area contributed by atoms with E-state index in [9.17, 15) is 34.2 Å². The van der Waals surface area contributed by atoms with Gasteiger partial charge in [0.25, 0.3) is 0 Å². The summed E-state index contributed by atoms with van der Waals surface area (Å²) in [5.74, 6) is -3.04. The Kier molecular flexibility index (Phi) is 14.6. The van der Waals surface area contributed by atoms with Crippen molar-refractivity contribution < 1.29 is 43.7 Å². The highest BCUT2D eigenvalue weighted by Gasteiger charge is 2.75. The predicted octanol–water partition coefficient (Wildman–Crippen LogP) is 9.59. The third kappa shape index (κ3) is 9.17. The second-order valence-electron chi connectivity index (χ2n) is 24.8. The molecule has 0 bridgehead atoms. The van der Waals surface area contributed by atoms with Gasteiger partial charge in [-0.25, -0.2) is 0 Å². The Labute approximate surface area is 405 Å². The number of aliphatic carboxylic acids is 2. The zero-order valence-electron chi connectivity index (χ0n) is 42.9. The molecule has 67 heavy (non-hydrogen) atoms. The Bertz CT molecular complexity index is 2130. The molecule has 13 heteroatoms. The lowest BCUT2D eigenvalue weighted by atomic mass is 9.30. The van der Waals surface area contributed by atoms with Crippen LogP contribution in [0.4, 0.5) is 0 Å². The third-order valence-corrected chi connectivity index (χ3v) is 19.2. The fourth-order valence-electron chi connectivity index (χ4n) is 14.6. The number of allylic oxidation sites excluding steroid dienone is 1. The molecule has 1 unspecified atom stereocenters. The van der Waals surface area contributed by atoms with Gasteiger partial charge in [0, 0.05) is 54.0 Å².